The van der Waals surface area contributed by atoms with Crippen LogP contribution in [0.5, 0.6) is 0 Å². The van der Waals surface area contributed by atoms with Gasteiger partial charge in [-0.25, -0.2) is 0 Å². The van der Waals surface area contributed by atoms with Crippen LogP contribution in [0.1, 0.15) is 296 Å². The molecule has 0 bridgehead atoms. The number of nitrogens with zero attached hydrogens (tertiary/aromatic N) is 1. The van der Waals surface area contributed by atoms with Crippen molar-refractivity contribution in [1.29, 1.82) is 0 Å². The van der Waals surface area contributed by atoms with Crippen LogP contribution in [0.4, 0.5) is 0 Å². The number of hydrogen-bond acceptors (Lipinski definition) is 8. The van der Waals surface area contributed by atoms with Crippen molar-refractivity contribution >= 4 is 19.8 Å². The molecular formula is C70H126NO8P. The van der Waals surface area contributed by atoms with Gasteiger partial charge >= 0.3 is 11.9 Å². The highest BCUT2D eigenvalue weighted by atomic mass is 31.2. The number of phosphoric ester groups is 1. The van der Waals surface area contributed by atoms with Crippen LogP contribution in [0.2, 0.25) is 0 Å². The van der Waals surface area contributed by atoms with Crippen LogP contribution in [0.3, 0.4) is 0 Å². The molecule has 2 atom stereocenters. The number of likely N-dealkylation sites (N-methyl/N-ethyl adjacent to an activating group) is 1. The highest BCUT2D eigenvalue weighted by molar-refractivity contribution is 7.45. The molecule has 464 valence electrons. The van der Waals surface area contributed by atoms with E-state index in [1.54, 1.807) is 0 Å². The molecule has 0 spiro atoms. The third-order valence-corrected chi connectivity index (χ3v) is 15.4. The Morgan fingerprint density at radius 3 is 1.06 bits per heavy atom. The third kappa shape index (κ3) is 64.4. The second-order valence-electron chi connectivity index (χ2n) is 23.5. The molecule has 0 radical (unpaired) electrons. The summed E-state index contributed by atoms with van der Waals surface area (Å²) in [6.07, 6.45) is 82.5. The summed E-state index contributed by atoms with van der Waals surface area (Å²) in [5.74, 6) is -0.840. The van der Waals surface area contributed by atoms with Crippen LogP contribution in [0.15, 0.2) is 85.1 Å². The fourth-order valence-corrected chi connectivity index (χ4v) is 10.0. The number of esters is 2. The lowest BCUT2D eigenvalue weighted by Gasteiger charge is -2.28. The second-order valence-corrected chi connectivity index (χ2v) is 24.9. The maximum absolute atomic E-state index is 12.8. The van der Waals surface area contributed by atoms with E-state index in [4.69, 9.17) is 18.5 Å². The lowest BCUT2D eigenvalue weighted by Crippen LogP contribution is -2.37. The maximum Gasteiger partial charge on any atom is 0.306 e. The van der Waals surface area contributed by atoms with Crippen molar-refractivity contribution in [1.82, 2.24) is 0 Å². The van der Waals surface area contributed by atoms with Gasteiger partial charge < -0.3 is 27.9 Å². The first-order valence-electron chi connectivity index (χ1n) is 33.3. The van der Waals surface area contributed by atoms with E-state index >= 15 is 0 Å². The van der Waals surface area contributed by atoms with Gasteiger partial charge in [0.05, 0.1) is 27.7 Å². The van der Waals surface area contributed by atoms with Crippen molar-refractivity contribution in [3.63, 3.8) is 0 Å². The molecule has 2 unspecified atom stereocenters. The maximum atomic E-state index is 12.8. The smallest absolute Gasteiger partial charge is 0.306 e. The van der Waals surface area contributed by atoms with Crippen molar-refractivity contribution in [2.24, 2.45) is 0 Å². The topological polar surface area (TPSA) is 111 Å². The van der Waals surface area contributed by atoms with E-state index in [-0.39, 0.29) is 26.1 Å². The molecule has 0 aliphatic rings. The molecule has 0 aliphatic carbocycles. The highest BCUT2D eigenvalue weighted by Gasteiger charge is 2.22. The van der Waals surface area contributed by atoms with Gasteiger partial charge in [-0.2, -0.15) is 0 Å². The fraction of sp³-hybridized carbons (Fsp3) is 0.771. The van der Waals surface area contributed by atoms with E-state index in [1.807, 2.05) is 21.1 Å². The normalized spacial score (nSPS) is 13.7. The van der Waals surface area contributed by atoms with E-state index < -0.39 is 32.5 Å². The minimum atomic E-state index is -4.64. The van der Waals surface area contributed by atoms with Crippen LogP contribution in [-0.4, -0.2) is 70.0 Å². The molecule has 0 aromatic heterocycles. The standard InChI is InChI=1S/C70H126NO8P/c1-6-8-10-12-14-16-18-20-22-23-24-25-26-27-28-29-30-31-32-33-34-35-36-37-38-39-40-41-42-43-44-45-46-47-49-51-53-55-57-59-61-63-70(73)79-68(67-78-80(74,75)77-65-64-71(3,4)5)66-76-69(72)62-60-58-56-54-52-50-48-21-19-17-15-13-11-9-7-2/h8,10,14-17,20-22,24-25,27-28,48,68H,6-7,9,11-13,18-19,23,26,29-47,49-67H2,1-5H3/b10-8-,16-14-,17-15-,22-20-,25-24-,28-27-,48-21-. The molecule has 0 heterocycles. The minimum absolute atomic E-state index is 0.0335. The van der Waals surface area contributed by atoms with Gasteiger partial charge in [-0.15, -0.1) is 0 Å². The largest absolute Gasteiger partial charge is 0.756 e. The zero-order chi connectivity index (χ0) is 58.4. The lowest BCUT2D eigenvalue weighted by atomic mass is 10.0. The molecule has 80 heavy (non-hydrogen) atoms. The van der Waals surface area contributed by atoms with Crippen LogP contribution in [-0.2, 0) is 32.7 Å². The Hall–Kier alpha value is -2.81. The van der Waals surface area contributed by atoms with Crippen molar-refractivity contribution in [2.45, 2.75) is 302 Å². The van der Waals surface area contributed by atoms with Crippen molar-refractivity contribution in [2.75, 3.05) is 47.5 Å². The van der Waals surface area contributed by atoms with E-state index in [0.717, 1.165) is 89.9 Å². The Kier molecular flexibility index (Phi) is 58.6. The average Bonchev–Trinajstić information content (AvgIpc) is 3.42. The van der Waals surface area contributed by atoms with Crippen molar-refractivity contribution in [3.8, 4) is 0 Å². The minimum Gasteiger partial charge on any atom is -0.756 e. The summed E-state index contributed by atoms with van der Waals surface area (Å²) in [5.41, 5.74) is 0. The van der Waals surface area contributed by atoms with Gasteiger partial charge in [-0.1, -0.05) is 279 Å². The Balaban J connectivity index is 3.90. The molecule has 0 rings (SSSR count). The van der Waals surface area contributed by atoms with Gasteiger partial charge in [0.25, 0.3) is 7.82 Å². The number of quaternary nitrogens is 1. The molecule has 9 nitrogen and oxygen atoms in total. The Morgan fingerprint density at radius 1 is 0.400 bits per heavy atom. The van der Waals surface area contributed by atoms with Gasteiger partial charge in [0.15, 0.2) is 6.10 Å². The second kappa shape index (κ2) is 60.8. The number of carbonyl (C=O) groups excluding carboxylic acids is 2. The van der Waals surface area contributed by atoms with E-state index in [9.17, 15) is 19.0 Å². The summed E-state index contributed by atoms with van der Waals surface area (Å²) >= 11 is 0. The summed E-state index contributed by atoms with van der Waals surface area (Å²) in [4.78, 5) is 37.9. The number of hydrogen-bond donors (Lipinski definition) is 0. The highest BCUT2D eigenvalue weighted by Crippen LogP contribution is 2.38. The first-order valence-corrected chi connectivity index (χ1v) is 34.8. The van der Waals surface area contributed by atoms with Crippen LogP contribution in [0, 0.1) is 0 Å². The summed E-state index contributed by atoms with van der Waals surface area (Å²) in [5, 5.41) is 0. The first kappa shape index (κ1) is 77.2. The molecular weight excluding hydrogens is 1010 g/mol. The summed E-state index contributed by atoms with van der Waals surface area (Å²) in [6, 6.07) is 0. The lowest BCUT2D eigenvalue weighted by molar-refractivity contribution is -0.870. The molecule has 0 amide bonds. The van der Waals surface area contributed by atoms with E-state index in [2.05, 4.69) is 98.9 Å². The predicted octanol–water partition coefficient (Wildman–Crippen LogP) is 20.7. The molecule has 0 fully saturated rings. The van der Waals surface area contributed by atoms with Crippen LogP contribution >= 0.6 is 7.82 Å². The molecule has 0 aromatic carbocycles. The predicted molar refractivity (Wildman–Crippen MR) is 342 cm³/mol. The fourth-order valence-electron chi connectivity index (χ4n) is 9.30. The van der Waals surface area contributed by atoms with E-state index in [0.29, 0.717) is 23.9 Å². The zero-order valence-corrected chi connectivity index (χ0v) is 53.7. The number of phosphoric acid groups is 1. The van der Waals surface area contributed by atoms with Crippen LogP contribution < -0.4 is 4.89 Å². The number of allylic oxidation sites excluding steroid dienone is 14. The number of rotatable bonds is 61. The SMILES string of the molecule is CC/C=C\C/C=C\C/C=C\C/C=C\C/C=C\CCCCCCCCCCCCCCCCCCCCCCCCCCCC(=O)OC(COC(=O)CCCCCCC/C=C\C/C=C\CCCCC)COP(=O)([O-])OCC[N+](C)(C)C. The molecule has 0 saturated carbocycles. The third-order valence-electron chi connectivity index (χ3n) is 14.4. The first-order chi connectivity index (χ1) is 39.0. The van der Waals surface area contributed by atoms with Crippen LogP contribution in [0.25, 0.3) is 0 Å². The summed E-state index contributed by atoms with van der Waals surface area (Å²) in [7, 11) is 1.16. The van der Waals surface area contributed by atoms with Gasteiger partial charge in [-0.3, -0.25) is 14.2 Å². The van der Waals surface area contributed by atoms with Gasteiger partial charge in [0.2, 0.25) is 0 Å². The van der Waals surface area contributed by atoms with Crippen molar-refractivity contribution in [3.05, 3.63) is 85.1 Å². The monoisotopic (exact) mass is 1140 g/mol. The summed E-state index contributed by atoms with van der Waals surface area (Å²) < 4.78 is 34.2. The van der Waals surface area contributed by atoms with Gasteiger partial charge in [-0.05, 0) is 89.9 Å². The zero-order valence-electron chi connectivity index (χ0n) is 52.8. The molecule has 0 aliphatic heterocycles. The molecule has 0 saturated heterocycles. The van der Waals surface area contributed by atoms with Gasteiger partial charge in [0.1, 0.15) is 19.8 Å². The average molecular weight is 1140 g/mol. The number of ether oxygens (including phenoxy) is 2. The Morgan fingerprint density at radius 2 is 0.713 bits per heavy atom. The number of unbranched alkanes of at least 4 members (excludes halogenated alkanes) is 33. The van der Waals surface area contributed by atoms with Gasteiger partial charge in [0, 0.05) is 12.8 Å². The Labute approximate surface area is 494 Å². The quantitative estimate of drug-likeness (QED) is 0.0195. The molecule has 0 N–H and O–H groups in total. The number of carbonyl (C=O) groups is 2. The van der Waals surface area contributed by atoms with Crippen molar-refractivity contribution < 1.29 is 42.1 Å². The Bertz CT molecular complexity index is 1630. The van der Waals surface area contributed by atoms with E-state index in [1.165, 1.54) is 167 Å². The molecule has 0 aromatic rings. The summed E-state index contributed by atoms with van der Waals surface area (Å²) in [6.45, 7) is 4.10. The molecule has 10 heteroatoms.